The summed E-state index contributed by atoms with van der Waals surface area (Å²) in [5.74, 6) is -2.39. The van der Waals surface area contributed by atoms with Gasteiger partial charge in [0.15, 0.2) is 5.13 Å². The van der Waals surface area contributed by atoms with Crippen molar-refractivity contribution in [1.82, 2.24) is 9.97 Å². The van der Waals surface area contributed by atoms with E-state index in [-0.39, 0.29) is 32.5 Å². The number of Topliss-reactive ketones (excluding diaryl/α,β-unsaturated/α-hetero) is 1. The highest BCUT2D eigenvalue weighted by Crippen LogP contribution is 2.45. The minimum absolute atomic E-state index is 0.104. The van der Waals surface area contributed by atoms with E-state index in [1.165, 1.54) is 36.5 Å². The lowest BCUT2D eigenvalue weighted by molar-refractivity contribution is -0.132. The van der Waals surface area contributed by atoms with Gasteiger partial charge in [0.05, 0.1) is 39.5 Å². The molecule has 38 heavy (non-hydrogen) atoms. The second kappa shape index (κ2) is 9.49. The molecule has 0 aliphatic carbocycles. The Morgan fingerprint density at radius 1 is 1.13 bits per heavy atom. The number of aliphatic hydroxyl groups excluding tert-OH is 1. The highest BCUT2D eigenvalue weighted by Gasteiger charge is 2.48. The molecule has 4 aromatic rings. The van der Waals surface area contributed by atoms with Gasteiger partial charge < -0.3 is 9.84 Å². The molecule has 1 aliphatic rings. The number of carbonyl (C=O) groups is 2. The van der Waals surface area contributed by atoms with E-state index in [2.05, 4.69) is 9.97 Å². The second-order valence-electron chi connectivity index (χ2n) is 9.85. The van der Waals surface area contributed by atoms with E-state index in [0.29, 0.717) is 21.5 Å². The summed E-state index contributed by atoms with van der Waals surface area (Å²) in [7, 11) is 1.47. The standard InChI is InChI=1S/C28H23ClFN3O4S/c1-28(2,3)15-5-6-20(37-4)16(11-15)24(34)22-23(14-7-9-31-10-8-14)33(26(36)25(22)35)27-32-19-12-17(29)18(30)13-21(19)38-27/h5-13,23,34H,1-4H3/b24-22+. The van der Waals surface area contributed by atoms with Crippen LogP contribution < -0.4 is 9.64 Å². The van der Waals surface area contributed by atoms with Crippen molar-refractivity contribution in [3.63, 3.8) is 0 Å². The van der Waals surface area contributed by atoms with Crippen molar-refractivity contribution in [3.05, 3.63) is 88.0 Å². The maximum absolute atomic E-state index is 14.1. The SMILES string of the molecule is COc1ccc(C(C)(C)C)cc1/C(O)=C1\C(=O)C(=O)N(c2nc3cc(Cl)c(F)cc3s2)C1c1ccncc1. The average molecular weight is 552 g/mol. The first-order chi connectivity index (χ1) is 18.0. The molecule has 0 bridgehead atoms. The third-order valence-corrected chi connectivity index (χ3v) is 7.72. The van der Waals surface area contributed by atoms with Crippen LogP contribution in [0.4, 0.5) is 9.52 Å². The van der Waals surface area contributed by atoms with E-state index in [9.17, 15) is 19.1 Å². The number of benzene rings is 2. The lowest BCUT2D eigenvalue weighted by Crippen LogP contribution is -2.29. The second-order valence-corrected chi connectivity index (χ2v) is 11.3. The quantitative estimate of drug-likeness (QED) is 0.179. The van der Waals surface area contributed by atoms with Crippen LogP contribution in [0.15, 0.2) is 60.4 Å². The Morgan fingerprint density at radius 3 is 2.50 bits per heavy atom. The first-order valence-electron chi connectivity index (χ1n) is 11.7. The van der Waals surface area contributed by atoms with Crippen molar-refractivity contribution in [2.75, 3.05) is 12.0 Å². The summed E-state index contributed by atoms with van der Waals surface area (Å²) >= 11 is 6.98. The number of carbonyl (C=O) groups excluding carboxylic acids is 2. The van der Waals surface area contributed by atoms with E-state index in [0.717, 1.165) is 16.9 Å². The Labute approximate surface area is 227 Å². The third kappa shape index (κ3) is 4.31. The van der Waals surface area contributed by atoms with Gasteiger partial charge in [-0.1, -0.05) is 49.8 Å². The number of amides is 1. The number of hydrogen-bond acceptors (Lipinski definition) is 7. The number of nitrogens with zero attached hydrogens (tertiary/aromatic N) is 3. The first kappa shape index (κ1) is 25.8. The topological polar surface area (TPSA) is 92.6 Å². The molecule has 1 saturated heterocycles. The number of hydrogen-bond donors (Lipinski definition) is 1. The monoisotopic (exact) mass is 551 g/mol. The van der Waals surface area contributed by atoms with Gasteiger partial charge in [-0.2, -0.15) is 0 Å². The third-order valence-electron chi connectivity index (χ3n) is 6.41. The zero-order valence-corrected chi connectivity index (χ0v) is 22.5. The fourth-order valence-corrected chi connectivity index (χ4v) is 5.57. The lowest BCUT2D eigenvalue weighted by atomic mass is 9.85. The van der Waals surface area contributed by atoms with Crippen LogP contribution in [0, 0.1) is 5.82 Å². The molecule has 7 nitrogen and oxygen atoms in total. The van der Waals surface area contributed by atoms with E-state index >= 15 is 0 Å². The van der Waals surface area contributed by atoms with E-state index in [1.54, 1.807) is 24.3 Å². The van der Waals surface area contributed by atoms with Crippen LogP contribution in [0.25, 0.3) is 16.0 Å². The molecule has 1 N–H and O–H groups in total. The Hall–Kier alpha value is -3.82. The normalized spacial score (nSPS) is 17.4. The number of methoxy groups -OCH3 is 1. The molecular weight excluding hydrogens is 529 g/mol. The fraction of sp³-hybridized carbons (Fsp3) is 0.214. The molecule has 1 fully saturated rings. The van der Waals surface area contributed by atoms with Gasteiger partial charge in [0.25, 0.3) is 5.78 Å². The lowest BCUT2D eigenvalue weighted by Gasteiger charge is -2.24. The molecule has 3 heterocycles. The molecule has 1 atom stereocenters. The smallest absolute Gasteiger partial charge is 0.301 e. The molecule has 1 aliphatic heterocycles. The predicted octanol–water partition coefficient (Wildman–Crippen LogP) is 6.42. The number of aromatic nitrogens is 2. The summed E-state index contributed by atoms with van der Waals surface area (Å²) < 4.78 is 20.1. The van der Waals surface area contributed by atoms with Gasteiger partial charge in [-0.15, -0.1) is 0 Å². The zero-order chi connectivity index (χ0) is 27.4. The van der Waals surface area contributed by atoms with Gasteiger partial charge in [-0.25, -0.2) is 9.37 Å². The van der Waals surface area contributed by atoms with Crippen LogP contribution >= 0.6 is 22.9 Å². The molecule has 2 aromatic heterocycles. The van der Waals surface area contributed by atoms with Gasteiger partial charge in [-0.05, 0) is 52.9 Å². The van der Waals surface area contributed by atoms with E-state index in [1.807, 2.05) is 26.8 Å². The van der Waals surface area contributed by atoms with Crippen molar-refractivity contribution in [2.24, 2.45) is 0 Å². The van der Waals surface area contributed by atoms with Gasteiger partial charge in [0, 0.05) is 12.4 Å². The summed E-state index contributed by atoms with van der Waals surface area (Å²) in [5, 5.41) is 11.7. The molecule has 1 amide bonds. The Morgan fingerprint density at radius 2 is 1.84 bits per heavy atom. The summed E-state index contributed by atoms with van der Waals surface area (Å²) in [5.41, 5.74) is 1.74. The summed E-state index contributed by atoms with van der Waals surface area (Å²) in [6.07, 6.45) is 3.06. The molecule has 0 radical (unpaired) electrons. The number of halogens is 2. The number of thiazole rings is 1. The number of pyridine rings is 1. The predicted molar refractivity (Wildman–Crippen MR) is 145 cm³/mol. The van der Waals surface area contributed by atoms with Crippen LogP contribution in [-0.4, -0.2) is 33.9 Å². The summed E-state index contributed by atoms with van der Waals surface area (Å²) in [6.45, 7) is 6.07. The maximum Gasteiger partial charge on any atom is 0.301 e. The molecular formula is C28H23ClFN3O4S. The zero-order valence-electron chi connectivity index (χ0n) is 21.0. The molecule has 10 heteroatoms. The number of aliphatic hydroxyl groups is 1. The van der Waals surface area contributed by atoms with Crippen molar-refractivity contribution in [3.8, 4) is 5.75 Å². The van der Waals surface area contributed by atoms with Gasteiger partial charge in [0.1, 0.15) is 17.3 Å². The Bertz CT molecular complexity index is 1590. The van der Waals surface area contributed by atoms with Gasteiger partial charge in [-0.3, -0.25) is 19.5 Å². The summed E-state index contributed by atoms with van der Waals surface area (Å²) in [4.78, 5) is 36.7. The van der Waals surface area contributed by atoms with Crippen LogP contribution in [0.1, 0.15) is 43.5 Å². The average Bonchev–Trinajstić information content (AvgIpc) is 3.40. The molecule has 1 unspecified atom stereocenters. The highest BCUT2D eigenvalue weighted by molar-refractivity contribution is 7.22. The molecule has 2 aromatic carbocycles. The number of anilines is 1. The largest absolute Gasteiger partial charge is 0.507 e. The van der Waals surface area contributed by atoms with Crippen molar-refractivity contribution >= 4 is 55.7 Å². The van der Waals surface area contributed by atoms with E-state index in [4.69, 9.17) is 16.3 Å². The minimum atomic E-state index is -1.01. The molecule has 5 rings (SSSR count). The number of ether oxygens (including phenoxy) is 1. The number of ketones is 1. The van der Waals surface area contributed by atoms with Gasteiger partial charge in [0.2, 0.25) is 0 Å². The fourth-order valence-electron chi connectivity index (χ4n) is 4.41. The number of rotatable bonds is 4. The molecule has 0 saturated carbocycles. The summed E-state index contributed by atoms with van der Waals surface area (Å²) in [6, 6.07) is 10.3. The van der Waals surface area contributed by atoms with Crippen LogP contribution in [0.2, 0.25) is 5.02 Å². The Balaban J connectivity index is 1.75. The van der Waals surface area contributed by atoms with E-state index < -0.39 is 23.5 Å². The highest BCUT2D eigenvalue weighted by atomic mass is 35.5. The van der Waals surface area contributed by atoms with Crippen molar-refractivity contribution in [2.45, 2.75) is 32.2 Å². The Kier molecular flexibility index (Phi) is 6.44. The van der Waals surface area contributed by atoms with Crippen LogP contribution in [0.3, 0.4) is 0 Å². The van der Waals surface area contributed by atoms with Crippen molar-refractivity contribution in [1.29, 1.82) is 0 Å². The van der Waals surface area contributed by atoms with Crippen LogP contribution in [-0.2, 0) is 15.0 Å². The van der Waals surface area contributed by atoms with Crippen molar-refractivity contribution < 1.29 is 23.8 Å². The molecule has 194 valence electrons. The first-order valence-corrected chi connectivity index (χ1v) is 12.9. The minimum Gasteiger partial charge on any atom is -0.507 e. The maximum atomic E-state index is 14.1. The number of fused-ring (bicyclic) bond motifs is 1. The van der Waals surface area contributed by atoms with Gasteiger partial charge >= 0.3 is 5.91 Å². The van der Waals surface area contributed by atoms with Crippen LogP contribution in [0.5, 0.6) is 5.75 Å². The molecule has 0 spiro atoms.